The van der Waals surface area contributed by atoms with Crippen LogP contribution in [-0.4, -0.2) is 51.1 Å². The molecule has 32 heavy (non-hydrogen) atoms. The van der Waals surface area contributed by atoms with Crippen LogP contribution in [0.25, 0.3) is 10.1 Å². The van der Waals surface area contributed by atoms with Crippen molar-refractivity contribution in [3.63, 3.8) is 0 Å². The van der Waals surface area contributed by atoms with Crippen LogP contribution in [0.2, 0.25) is 0 Å². The molecule has 3 aromatic rings. The predicted molar refractivity (Wildman–Crippen MR) is 119 cm³/mol. The van der Waals surface area contributed by atoms with Gasteiger partial charge in [-0.15, -0.1) is 0 Å². The van der Waals surface area contributed by atoms with E-state index in [1.54, 1.807) is 0 Å². The molecule has 9 heteroatoms. The van der Waals surface area contributed by atoms with Gasteiger partial charge in [-0.05, 0) is 0 Å². The zero-order chi connectivity index (χ0) is 23.7. The zero-order valence-corrected chi connectivity index (χ0v) is 21.3. The van der Waals surface area contributed by atoms with E-state index in [4.69, 9.17) is 4.74 Å². The van der Waals surface area contributed by atoms with E-state index in [9.17, 15) is 23.1 Å². The summed E-state index contributed by atoms with van der Waals surface area (Å²) in [5.41, 5.74) is 0.593. The number of halogens is 3. The Morgan fingerprint density at radius 3 is 2.34 bits per heavy atom. The van der Waals surface area contributed by atoms with E-state index in [0.29, 0.717) is 5.75 Å². The molecule has 4 nitrogen and oxygen atoms in total. The Labute approximate surface area is 196 Å². The average molecular weight is 575 g/mol. The van der Waals surface area contributed by atoms with Crippen LogP contribution in [-0.2, 0) is 16.3 Å². The van der Waals surface area contributed by atoms with Crippen LogP contribution in [0.4, 0.5) is 13.2 Å². The molecule has 1 aromatic heterocycles. The fraction of sp³-hybridized carbons (Fsp3) is 0.304. The molecule has 0 spiro atoms. The number of hydrogen-bond donors (Lipinski definition) is 1. The molecule has 170 valence electrons. The summed E-state index contributed by atoms with van der Waals surface area (Å²) in [6.07, 6.45) is -4.34. The van der Waals surface area contributed by atoms with Crippen molar-refractivity contribution >= 4 is 39.9 Å². The van der Waals surface area contributed by atoms with Gasteiger partial charge in [-0.2, -0.15) is 0 Å². The SMILES string of the molecule is Cc1cc([Se]Cc2[se]c(-c3ccc(C(F)(F)F)cc3)nc2C)ccc1OC(C)(C)C(=O)O. The number of hydrogen-bond acceptors (Lipinski definition) is 3. The third kappa shape index (κ3) is 5.84. The van der Waals surface area contributed by atoms with Gasteiger partial charge in [-0.25, -0.2) is 0 Å². The van der Waals surface area contributed by atoms with E-state index in [2.05, 4.69) is 4.98 Å². The van der Waals surface area contributed by atoms with E-state index >= 15 is 0 Å². The number of aliphatic carboxylic acids is 1. The van der Waals surface area contributed by atoms with Gasteiger partial charge in [0.05, 0.1) is 0 Å². The summed E-state index contributed by atoms with van der Waals surface area (Å²) in [6, 6.07) is 11.0. The molecule has 1 heterocycles. The van der Waals surface area contributed by atoms with Crippen molar-refractivity contribution in [3.8, 4) is 15.9 Å². The monoisotopic (exact) mass is 577 g/mol. The number of carbonyl (C=O) groups is 1. The van der Waals surface area contributed by atoms with Crippen LogP contribution >= 0.6 is 0 Å². The molecular formula is C23H22F3NO3Se2. The predicted octanol–water partition coefficient (Wildman–Crippen LogP) is 4.21. The number of nitrogens with zero attached hydrogens (tertiary/aromatic N) is 1. The third-order valence-corrected chi connectivity index (χ3v) is 10.3. The van der Waals surface area contributed by atoms with Crippen LogP contribution in [0, 0.1) is 13.8 Å². The number of carboxylic acid groups (broad SMARTS) is 1. The number of aryl methyl sites for hydroxylation is 2. The van der Waals surface area contributed by atoms with Crippen molar-refractivity contribution in [2.24, 2.45) is 0 Å². The van der Waals surface area contributed by atoms with E-state index in [1.807, 2.05) is 32.0 Å². The van der Waals surface area contributed by atoms with Crippen LogP contribution in [0.3, 0.4) is 0 Å². The summed E-state index contributed by atoms with van der Waals surface area (Å²) in [6.45, 7) is 6.86. The molecule has 0 radical (unpaired) electrons. The van der Waals surface area contributed by atoms with Crippen molar-refractivity contribution in [2.75, 3.05) is 0 Å². The summed E-state index contributed by atoms with van der Waals surface area (Å²) in [5.74, 6) is -0.481. The summed E-state index contributed by atoms with van der Waals surface area (Å²) in [5, 5.41) is 10.1. The third-order valence-electron chi connectivity index (χ3n) is 4.75. The van der Waals surface area contributed by atoms with Gasteiger partial charge < -0.3 is 0 Å². The molecule has 0 unspecified atom stereocenters. The molecule has 1 N–H and O–H groups in total. The first-order valence-electron chi connectivity index (χ1n) is 9.66. The summed E-state index contributed by atoms with van der Waals surface area (Å²) in [4.78, 5) is 15.9. The van der Waals surface area contributed by atoms with Gasteiger partial charge in [0, 0.05) is 0 Å². The second-order valence-electron chi connectivity index (χ2n) is 7.74. The molecular weight excluding hydrogens is 553 g/mol. The zero-order valence-electron chi connectivity index (χ0n) is 17.9. The first kappa shape index (κ1) is 24.6. The minimum atomic E-state index is -4.34. The summed E-state index contributed by atoms with van der Waals surface area (Å²) in [7, 11) is 0. The molecule has 0 aliphatic carbocycles. The maximum absolute atomic E-state index is 12.8. The van der Waals surface area contributed by atoms with E-state index in [0.717, 1.165) is 43.3 Å². The van der Waals surface area contributed by atoms with Gasteiger partial charge in [-0.3, -0.25) is 0 Å². The van der Waals surface area contributed by atoms with Crippen molar-refractivity contribution in [2.45, 2.75) is 44.8 Å². The Morgan fingerprint density at radius 2 is 1.78 bits per heavy atom. The number of ether oxygens (including phenoxy) is 1. The molecule has 0 bridgehead atoms. The number of benzene rings is 2. The normalized spacial score (nSPS) is 12.1. The molecule has 0 fully saturated rings. The van der Waals surface area contributed by atoms with Gasteiger partial charge in [-0.1, -0.05) is 0 Å². The first-order valence-corrected chi connectivity index (χ1v) is 13.4. The van der Waals surface area contributed by atoms with Gasteiger partial charge in [0.25, 0.3) is 0 Å². The van der Waals surface area contributed by atoms with E-state index in [1.165, 1.54) is 30.4 Å². The standard InChI is InChI=1S/C23H22F3NO3Se2/c1-13-11-17(9-10-18(13)30-22(3,4)21(28)29)31-12-19-14(2)27-20(32-19)15-5-7-16(8-6-15)23(24,25)26/h5-11H,12H2,1-4H3,(H,28,29). The molecule has 0 saturated heterocycles. The Morgan fingerprint density at radius 1 is 1.12 bits per heavy atom. The van der Waals surface area contributed by atoms with Crippen molar-refractivity contribution in [1.82, 2.24) is 4.98 Å². The van der Waals surface area contributed by atoms with Crippen LogP contribution in [0.5, 0.6) is 5.75 Å². The second kappa shape index (κ2) is 9.44. The average Bonchev–Trinajstić information content (AvgIpc) is 3.08. The molecule has 0 aliphatic heterocycles. The van der Waals surface area contributed by atoms with Gasteiger partial charge >= 0.3 is 197 Å². The van der Waals surface area contributed by atoms with Gasteiger partial charge in [0.2, 0.25) is 0 Å². The fourth-order valence-corrected chi connectivity index (χ4v) is 7.95. The van der Waals surface area contributed by atoms with Crippen LogP contribution in [0.1, 0.15) is 35.1 Å². The van der Waals surface area contributed by atoms with E-state index in [-0.39, 0.29) is 29.5 Å². The van der Waals surface area contributed by atoms with Crippen molar-refractivity contribution < 1.29 is 27.8 Å². The fourth-order valence-electron chi connectivity index (χ4n) is 2.78. The van der Waals surface area contributed by atoms with Gasteiger partial charge in [0.15, 0.2) is 0 Å². The van der Waals surface area contributed by atoms with Gasteiger partial charge in [0.1, 0.15) is 0 Å². The maximum atomic E-state index is 12.8. The molecule has 0 aliphatic rings. The number of carboxylic acids is 1. The Kier molecular flexibility index (Phi) is 7.25. The summed E-state index contributed by atoms with van der Waals surface area (Å²) >= 11 is 0.129. The molecule has 2 aromatic carbocycles. The molecule has 0 atom stereocenters. The Hall–Kier alpha value is -2.05. The minimum absolute atomic E-state index is 0.0187. The molecule has 0 saturated carbocycles. The Bertz CT molecular complexity index is 1120. The van der Waals surface area contributed by atoms with Crippen molar-refractivity contribution in [3.05, 3.63) is 63.7 Å². The van der Waals surface area contributed by atoms with Crippen molar-refractivity contribution in [1.29, 1.82) is 0 Å². The number of aromatic nitrogens is 1. The number of rotatable bonds is 7. The van der Waals surface area contributed by atoms with E-state index < -0.39 is 23.3 Å². The number of alkyl halides is 3. The first-order chi connectivity index (χ1) is 14.9. The van der Waals surface area contributed by atoms with Crippen LogP contribution < -0.4 is 9.20 Å². The summed E-state index contributed by atoms with van der Waals surface area (Å²) < 4.78 is 47.3. The topological polar surface area (TPSA) is 59.4 Å². The van der Waals surface area contributed by atoms with Crippen LogP contribution in [0.15, 0.2) is 42.5 Å². The molecule has 0 amide bonds. The molecule has 3 rings (SSSR count). The Balaban J connectivity index is 1.70. The quantitative estimate of drug-likeness (QED) is 0.429. The second-order valence-corrected chi connectivity index (χ2v) is 12.2.